The third-order valence-corrected chi connectivity index (χ3v) is 6.04. The van der Waals surface area contributed by atoms with Crippen LogP contribution in [0.25, 0.3) is 11.0 Å². The minimum Gasteiger partial charge on any atom is -0.504 e. The van der Waals surface area contributed by atoms with Crippen LogP contribution in [-0.2, 0) is 11.2 Å². The molecule has 1 aliphatic rings. The number of hydrogen-bond acceptors (Lipinski definition) is 6. The Morgan fingerprint density at radius 3 is 2.74 bits per heavy atom. The normalized spacial score (nSPS) is 16.0. The van der Waals surface area contributed by atoms with Crippen LogP contribution in [0.15, 0.2) is 28.8 Å². The van der Waals surface area contributed by atoms with Crippen LogP contribution in [0.1, 0.15) is 62.0 Å². The summed E-state index contributed by atoms with van der Waals surface area (Å²) in [6, 6.07) is 6.36. The summed E-state index contributed by atoms with van der Waals surface area (Å²) >= 11 is 0. The number of ether oxygens (including phenoxy) is 2. The molecule has 2 N–H and O–H groups in total. The fourth-order valence-corrected chi connectivity index (χ4v) is 4.25. The first-order valence-electron chi connectivity index (χ1n) is 10.9. The van der Waals surface area contributed by atoms with Gasteiger partial charge in [0.2, 0.25) is 0 Å². The van der Waals surface area contributed by atoms with Gasteiger partial charge < -0.3 is 24.4 Å². The van der Waals surface area contributed by atoms with Crippen molar-refractivity contribution in [3.05, 3.63) is 46.9 Å². The zero-order valence-corrected chi connectivity index (χ0v) is 18.2. The number of piperidine rings is 1. The first-order valence-corrected chi connectivity index (χ1v) is 10.9. The summed E-state index contributed by atoms with van der Waals surface area (Å²) in [5.74, 6) is -0.0114. The van der Waals surface area contributed by atoms with Crippen molar-refractivity contribution in [1.82, 2.24) is 10.5 Å². The highest BCUT2D eigenvalue weighted by Crippen LogP contribution is 2.42. The number of aryl methyl sites for hydroxylation is 1. The number of halogens is 1. The smallest absolute Gasteiger partial charge is 0.170 e. The Labute approximate surface area is 181 Å². The largest absolute Gasteiger partial charge is 0.504 e. The maximum absolute atomic E-state index is 15.1. The number of methoxy groups -OCH3 is 1. The fraction of sp³-hybridized carbons (Fsp3) is 0.458. The lowest BCUT2D eigenvalue weighted by molar-refractivity contribution is 0.119. The summed E-state index contributed by atoms with van der Waals surface area (Å²) in [5, 5.41) is 19.0. The number of benzene rings is 2. The molecule has 1 unspecified atom stereocenters. The standard InChI is InChI=1S/C24H29FN2O4/c1-4-5-17-22-21(31-27-23(22)15-8-10-26-11-9-15)13-18(25)24(17)30-20-7-6-16(12-19(20)28)14(2)29-3/h6-7,12-15,26,28H,4-5,8-11H2,1-3H3. The molecule has 0 aliphatic carbocycles. The van der Waals surface area contributed by atoms with Crippen LogP contribution in [0.4, 0.5) is 4.39 Å². The Bertz CT molecular complexity index is 1060. The zero-order valence-electron chi connectivity index (χ0n) is 18.2. The molecule has 2 heterocycles. The number of phenolic OH excluding ortho intramolecular Hbond substituents is 1. The number of hydrogen-bond donors (Lipinski definition) is 2. The lowest BCUT2D eigenvalue weighted by atomic mass is 9.90. The molecule has 1 fully saturated rings. The molecular formula is C24H29FN2O4. The summed E-state index contributed by atoms with van der Waals surface area (Å²) in [6.45, 7) is 5.77. The van der Waals surface area contributed by atoms with Crippen LogP contribution in [0, 0.1) is 5.82 Å². The predicted octanol–water partition coefficient (Wildman–Crippen LogP) is 5.59. The first-order chi connectivity index (χ1) is 15.0. The maximum atomic E-state index is 15.1. The molecule has 7 heteroatoms. The molecule has 3 aromatic rings. The summed E-state index contributed by atoms with van der Waals surface area (Å²) < 4.78 is 31.9. The van der Waals surface area contributed by atoms with Crippen molar-refractivity contribution in [2.24, 2.45) is 0 Å². The number of nitrogens with one attached hydrogen (secondary N) is 1. The van der Waals surface area contributed by atoms with E-state index in [2.05, 4.69) is 10.5 Å². The van der Waals surface area contributed by atoms with Gasteiger partial charge in [-0.15, -0.1) is 0 Å². The van der Waals surface area contributed by atoms with E-state index < -0.39 is 5.82 Å². The zero-order chi connectivity index (χ0) is 22.0. The van der Waals surface area contributed by atoms with Gasteiger partial charge in [0.1, 0.15) is 0 Å². The topological polar surface area (TPSA) is 76.8 Å². The third kappa shape index (κ3) is 4.25. The van der Waals surface area contributed by atoms with E-state index in [4.69, 9.17) is 14.0 Å². The van der Waals surface area contributed by atoms with Gasteiger partial charge in [0.15, 0.2) is 28.6 Å². The number of aromatic hydroxyl groups is 1. The van der Waals surface area contributed by atoms with Gasteiger partial charge in [0, 0.05) is 24.7 Å². The molecule has 0 bridgehead atoms. The van der Waals surface area contributed by atoms with Gasteiger partial charge >= 0.3 is 0 Å². The molecule has 1 aliphatic heterocycles. The quantitative estimate of drug-likeness (QED) is 0.511. The molecule has 1 saturated heterocycles. The predicted molar refractivity (Wildman–Crippen MR) is 116 cm³/mol. The number of fused-ring (bicyclic) bond motifs is 1. The second-order valence-electron chi connectivity index (χ2n) is 8.09. The Kier molecular flexibility index (Phi) is 6.43. The van der Waals surface area contributed by atoms with Crippen LogP contribution in [0.5, 0.6) is 17.2 Å². The molecule has 1 aromatic heterocycles. The summed E-state index contributed by atoms with van der Waals surface area (Å²) in [4.78, 5) is 0. The lowest BCUT2D eigenvalue weighted by Gasteiger charge is -2.21. The fourth-order valence-electron chi connectivity index (χ4n) is 4.25. The van der Waals surface area contributed by atoms with Crippen molar-refractivity contribution in [1.29, 1.82) is 0 Å². The molecule has 4 rings (SSSR count). The maximum Gasteiger partial charge on any atom is 0.170 e. The molecule has 2 aromatic carbocycles. The molecule has 1 atom stereocenters. The van der Waals surface area contributed by atoms with E-state index in [-0.39, 0.29) is 29.3 Å². The van der Waals surface area contributed by atoms with Crippen LogP contribution in [0.2, 0.25) is 0 Å². The highest BCUT2D eigenvalue weighted by molar-refractivity contribution is 5.86. The van der Waals surface area contributed by atoms with Crippen LogP contribution < -0.4 is 10.1 Å². The van der Waals surface area contributed by atoms with Crippen molar-refractivity contribution in [2.45, 2.75) is 51.6 Å². The highest BCUT2D eigenvalue weighted by Gasteiger charge is 2.27. The Hall–Kier alpha value is -2.64. The van der Waals surface area contributed by atoms with E-state index in [1.165, 1.54) is 6.07 Å². The number of phenols is 1. The second kappa shape index (κ2) is 9.24. The Morgan fingerprint density at radius 1 is 1.29 bits per heavy atom. The van der Waals surface area contributed by atoms with Gasteiger partial charge in [-0.3, -0.25) is 0 Å². The van der Waals surface area contributed by atoms with E-state index >= 15 is 4.39 Å². The number of aromatic nitrogens is 1. The summed E-state index contributed by atoms with van der Waals surface area (Å²) in [6.07, 6.45) is 3.17. The van der Waals surface area contributed by atoms with Gasteiger partial charge in [-0.2, -0.15) is 0 Å². The lowest BCUT2D eigenvalue weighted by Crippen LogP contribution is -2.26. The summed E-state index contributed by atoms with van der Waals surface area (Å²) in [5.41, 5.74) is 2.86. The van der Waals surface area contributed by atoms with E-state index in [0.29, 0.717) is 12.0 Å². The Balaban J connectivity index is 1.78. The van der Waals surface area contributed by atoms with Gasteiger partial charge in [0.25, 0.3) is 0 Å². The minimum absolute atomic E-state index is 0.0627. The van der Waals surface area contributed by atoms with E-state index in [9.17, 15) is 5.11 Å². The van der Waals surface area contributed by atoms with E-state index in [1.807, 2.05) is 13.8 Å². The minimum atomic E-state index is -0.530. The molecule has 6 nitrogen and oxygen atoms in total. The van der Waals surface area contributed by atoms with E-state index in [0.717, 1.165) is 54.6 Å². The van der Waals surface area contributed by atoms with Crippen molar-refractivity contribution in [3.63, 3.8) is 0 Å². The van der Waals surface area contributed by atoms with Gasteiger partial charge in [0.05, 0.1) is 17.2 Å². The van der Waals surface area contributed by atoms with E-state index in [1.54, 1.807) is 25.3 Å². The molecule has 31 heavy (non-hydrogen) atoms. The molecule has 0 spiro atoms. The van der Waals surface area contributed by atoms with Crippen molar-refractivity contribution in [2.75, 3.05) is 20.2 Å². The second-order valence-corrected chi connectivity index (χ2v) is 8.09. The molecule has 166 valence electrons. The van der Waals surface area contributed by atoms with Crippen LogP contribution >= 0.6 is 0 Å². The van der Waals surface area contributed by atoms with Crippen molar-refractivity contribution < 1.29 is 23.5 Å². The Morgan fingerprint density at radius 2 is 2.06 bits per heavy atom. The molecule has 0 saturated carbocycles. The third-order valence-electron chi connectivity index (χ3n) is 6.04. The highest BCUT2D eigenvalue weighted by atomic mass is 19.1. The monoisotopic (exact) mass is 428 g/mol. The average Bonchev–Trinajstić information content (AvgIpc) is 3.20. The molecular weight excluding hydrogens is 399 g/mol. The van der Waals surface area contributed by atoms with Gasteiger partial charge in [-0.1, -0.05) is 24.6 Å². The molecule has 0 amide bonds. The van der Waals surface area contributed by atoms with Gasteiger partial charge in [-0.25, -0.2) is 4.39 Å². The van der Waals surface area contributed by atoms with Crippen LogP contribution in [0.3, 0.4) is 0 Å². The number of rotatable bonds is 7. The SMILES string of the molecule is CCCc1c(Oc2ccc(C(C)OC)cc2O)c(F)cc2onc(C3CCNCC3)c12. The van der Waals surface area contributed by atoms with Gasteiger partial charge in [-0.05, 0) is 57.0 Å². The first kappa shape index (κ1) is 21.6. The van der Waals surface area contributed by atoms with Crippen LogP contribution in [-0.4, -0.2) is 30.5 Å². The van der Waals surface area contributed by atoms with Crippen molar-refractivity contribution >= 4 is 11.0 Å². The number of nitrogens with zero attached hydrogens (tertiary/aromatic N) is 1. The van der Waals surface area contributed by atoms with Crippen molar-refractivity contribution in [3.8, 4) is 17.2 Å². The molecule has 0 radical (unpaired) electrons. The average molecular weight is 429 g/mol. The summed E-state index contributed by atoms with van der Waals surface area (Å²) in [7, 11) is 1.60.